The van der Waals surface area contributed by atoms with Gasteiger partial charge in [0.1, 0.15) is 21.1 Å². The number of nitro benzene ring substituents is 1. The van der Waals surface area contributed by atoms with Gasteiger partial charge < -0.3 is 15.2 Å². The van der Waals surface area contributed by atoms with Gasteiger partial charge in [0.2, 0.25) is 0 Å². The standard InChI is InChI=1S/C12H20N2O4SSi/c1-3-17-12(18-4-2)20-8-19-9-5-6-10(13)11(7-9)14(15)16/h5-7,12H,3-4,8,13,20H2,1-2H3. The minimum Gasteiger partial charge on any atom is -0.393 e. The number of ether oxygens (including phenoxy) is 2. The molecule has 2 N–H and O–H groups in total. The van der Waals surface area contributed by atoms with Crippen LogP contribution < -0.4 is 5.73 Å². The van der Waals surface area contributed by atoms with Crippen LogP contribution in [0, 0.1) is 10.1 Å². The van der Waals surface area contributed by atoms with Gasteiger partial charge in [-0.2, -0.15) is 0 Å². The minimum absolute atomic E-state index is 0.0390. The Hall–Kier alpha value is -1.09. The Labute approximate surface area is 125 Å². The van der Waals surface area contributed by atoms with E-state index >= 15 is 0 Å². The molecule has 0 radical (unpaired) electrons. The lowest BCUT2D eigenvalue weighted by atomic mass is 10.3. The molecule has 1 aromatic carbocycles. The third-order valence-corrected chi connectivity index (χ3v) is 5.82. The highest BCUT2D eigenvalue weighted by atomic mass is 32.2. The van der Waals surface area contributed by atoms with Gasteiger partial charge in [0, 0.05) is 24.2 Å². The van der Waals surface area contributed by atoms with Crippen LogP contribution in [0.25, 0.3) is 0 Å². The highest BCUT2D eigenvalue weighted by Gasteiger charge is 2.13. The Morgan fingerprint density at radius 2 is 2.05 bits per heavy atom. The average molecular weight is 316 g/mol. The zero-order valence-corrected chi connectivity index (χ0v) is 13.9. The fourth-order valence-electron chi connectivity index (χ4n) is 1.63. The summed E-state index contributed by atoms with van der Waals surface area (Å²) in [5.74, 6) is -0.0822. The number of thioether (sulfide) groups is 1. The summed E-state index contributed by atoms with van der Waals surface area (Å²) in [6, 6.07) is 4.90. The van der Waals surface area contributed by atoms with Crippen LogP contribution in [-0.4, -0.2) is 38.9 Å². The lowest BCUT2D eigenvalue weighted by Gasteiger charge is -2.16. The number of benzene rings is 1. The van der Waals surface area contributed by atoms with Crippen molar-refractivity contribution >= 4 is 32.7 Å². The van der Waals surface area contributed by atoms with Crippen LogP contribution in [0.1, 0.15) is 13.8 Å². The third kappa shape index (κ3) is 5.49. The number of nitrogens with two attached hydrogens (primary N) is 1. The number of nitro groups is 1. The normalized spacial score (nSPS) is 11.6. The molecule has 0 bridgehead atoms. The molecule has 0 aliphatic rings. The highest BCUT2D eigenvalue weighted by molar-refractivity contribution is 8.00. The van der Waals surface area contributed by atoms with E-state index in [0.29, 0.717) is 13.2 Å². The molecule has 0 spiro atoms. The Bertz CT molecular complexity index is 441. The smallest absolute Gasteiger partial charge is 0.293 e. The summed E-state index contributed by atoms with van der Waals surface area (Å²) in [6.07, 6.45) is 0. The monoisotopic (exact) mass is 316 g/mol. The van der Waals surface area contributed by atoms with Crippen molar-refractivity contribution in [3.8, 4) is 0 Å². The van der Waals surface area contributed by atoms with Crippen molar-refractivity contribution in [1.82, 2.24) is 0 Å². The fraction of sp³-hybridized carbons (Fsp3) is 0.500. The quantitative estimate of drug-likeness (QED) is 0.186. The predicted molar refractivity (Wildman–Crippen MR) is 83.8 cm³/mol. The van der Waals surface area contributed by atoms with Crippen LogP contribution in [0.4, 0.5) is 11.4 Å². The van der Waals surface area contributed by atoms with E-state index in [0.717, 1.165) is 10.3 Å². The molecule has 0 heterocycles. The molecule has 0 unspecified atom stereocenters. The van der Waals surface area contributed by atoms with Crippen molar-refractivity contribution < 1.29 is 14.4 Å². The second kappa shape index (κ2) is 8.96. The fourth-order valence-corrected chi connectivity index (χ4v) is 4.98. The van der Waals surface area contributed by atoms with Crippen LogP contribution >= 0.6 is 11.8 Å². The first-order valence-electron chi connectivity index (χ1n) is 6.48. The molecule has 20 heavy (non-hydrogen) atoms. The summed E-state index contributed by atoms with van der Waals surface area (Å²) in [5, 5.41) is 11.7. The average Bonchev–Trinajstić information content (AvgIpc) is 2.41. The largest absolute Gasteiger partial charge is 0.393 e. The molecule has 0 amide bonds. The number of nitrogens with zero attached hydrogens (tertiary/aromatic N) is 1. The first-order valence-corrected chi connectivity index (χ1v) is 9.28. The van der Waals surface area contributed by atoms with E-state index in [-0.39, 0.29) is 17.3 Å². The maximum Gasteiger partial charge on any atom is 0.293 e. The van der Waals surface area contributed by atoms with Crippen LogP contribution in [-0.2, 0) is 9.47 Å². The first-order chi connectivity index (χ1) is 9.58. The second-order valence-electron chi connectivity index (χ2n) is 3.96. The molecule has 0 aliphatic carbocycles. The van der Waals surface area contributed by atoms with Gasteiger partial charge in [-0.15, -0.1) is 11.8 Å². The predicted octanol–water partition coefficient (Wildman–Crippen LogP) is 1.75. The molecule has 1 rings (SSSR count). The van der Waals surface area contributed by atoms with Crippen LogP contribution in [0.3, 0.4) is 0 Å². The number of rotatable bonds is 9. The van der Waals surface area contributed by atoms with E-state index in [1.807, 2.05) is 13.8 Å². The summed E-state index contributed by atoms with van der Waals surface area (Å²) in [5.41, 5.74) is 5.72. The van der Waals surface area contributed by atoms with E-state index in [1.54, 1.807) is 23.9 Å². The van der Waals surface area contributed by atoms with Gasteiger partial charge in [-0.05, 0) is 31.4 Å². The lowest BCUT2D eigenvalue weighted by Crippen LogP contribution is -2.26. The molecular formula is C12H20N2O4SSi. The second-order valence-corrected chi connectivity index (χ2v) is 7.59. The molecule has 0 saturated heterocycles. The van der Waals surface area contributed by atoms with E-state index < -0.39 is 14.4 Å². The van der Waals surface area contributed by atoms with Crippen molar-refractivity contribution in [2.75, 3.05) is 24.3 Å². The highest BCUT2D eigenvalue weighted by Crippen LogP contribution is 2.27. The van der Waals surface area contributed by atoms with E-state index in [2.05, 4.69) is 0 Å². The number of hydrogen-bond acceptors (Lipinski definition) is 6. The molecule has 0 fully saturated rings. The summed E-state index contributed by atoms with van der Waals surface area (Å²) in [6.45, 7) is 5.15. The van der Waals surface area contributed by atoms with Crippen LogP contribution in [0.2, 0.25) is 0 Å². The number of anilines is 1. The van der Waals surface area contributed by atoms with Crippen LogP contribution in [0.15, 0.2) is 23.1 Å². The summed E-state index contributed by atoms with van der Waals surface area (Å²) < 4.78 is 11.0. The maximum absolute atomic E-state index is 10.8. The molecular weight excluding hydrogens is 296 g/mol. The number of nitrogen functional groups attached to an aromatic ring is 1. The molecule has 0 aliphatic heterocycles. The molecule has 6 nitrogen and oxygen atoms in total. The summed E-state index contributed by atoms with van der Waals surface area (Å²) in [4.78, 5) is 11.2. The van der Waals surface area contributed by atoms with Gasteiger partial charge in [0.25, 0.3) is 5.69 Å². The Balaban J connectivity index is 2.53. The Morgan fingerprint density at radius 1 is 1.40 bits per heavy atom. The summed E-state index contributed by atoms with van der Waals surface area (Å²) >= 11 is 1.58. The summed E-state index contributed by atoms with van der Waals surface area (Å²) in [7, 11) is -0.564. The lowest BCUT2D eigenvalue weighted by molar-refractivity contribution is -0.384. The zero-order chi connectivity index (χ0) is 15.0. The van der Waals surface area contributed by atoms with Crippen molar-refractivity contribution in [3.63, 3.8) is 0 Å². The van der Waals surface area contributed by atoms with Crippen molar-refractivity contribution in [3.05, 3.63) is 28.3 Å². The Kier molecular flexibility index (Phi) is 7.59. The van der Waals surface area contributed by atoms with Gasteiger partial charge >= 0.3 is 0 Å². The molecule has 8 heteroatoms. The van der Waals surface area contributed by atoms with Crippen LogP contribution in [0.5, 0.6) is 0 Å². The number of hydrogen-bond donors (Lipinski definition) is 1. The van der Waals surface area contributed by atoms with E-state index in [9.17, 15) is 10.1 Å². The van der Waals surface area contributed by atoms with Gasteiger partial charge in [0.05, 0.1) is 4.92 Å². The van der Waals surface area contributed by atoms with Gasteiger partial charge in [-0.1, -0.05) is 0 Å². The molecule has 0 saturated carbocycles. The first kappa shape index (κ1) is 17.0. The molecule has 112 valence electrons. The van der Waals surface area contributed by atoms with Gasteiger partial charge in [-0.3, -0.25) is 10.1 Å². The minimum atomic E-state index is -0.564. The Morgan fingerprint density at radius 3 is 2.60 bits per heavy atom. The maximum atomic E-state index is 10.8. The third-order valence-electron chi connectivity index (χ3n) is 2.53. The van der Waals surface area contributed by atoms with Gasteiger partial charge in [0.15, 0.2) is 0 Å². The molecule has 0 aromatic heterocycles. The van der Waals surface area contributed by atoms with E-state index in [4.69, 9.17) is 15.2 Å². The topological polar surface area (TPSA) is 87.6 Å². The van der Waals surface area contributed by atoms with Crippen molar-refractivity contribution in [2.45, 2.75) is 24.7 Å². The van der Waals surface area contributed by atoms with Gasteiger partial charge in [-0.25, -0.2) is 0 Å². The van der Waals surface area contributed by atoms with Crippen molar-refractivity contribution in [2.24, 2.45) is 0 Å². The SMILES string of the molecule is CCOC(OCC)[SiH2]CSc1ccc(N)c([N+](=O)[O-])c1. The van der Waals surface area contributed by atoms with E-state index in [1.165, 1.54) is 6.07 Å². The zero-order valence-electron chi connectivity index (χ0n) is 11.7. The molecule has 1 aromatic rings. The van der Waals surface area contributed by atoms with Crippen molar-refractivity contribution in [1.29, 1.82) is 0 Å². The molecule has 0 atom stereocenters.